The minimum Gasteiger partial charge on any atom is -0.334 e. The average Bonchev–Trinajstić information content (AvgIpc) is 3.18. The molecule has 4 rings (SSSR count). The van der Waals surface area contributed by atoms with Gasteiger partial charge in [-0.3, -0.25) is 4.79 Å². The normalized spacial score (nSPS) is 11.0. The maximum atomic E-state index is 13.2. The molecule has 0 aliphatic heterocycles. The van der Waals surface area contributed by atoms with Gasteiger partial charge in [0.15, 0.2) is 5.16 Å². The van der Waals surface area contributed by atoms with E-state index < -0.39 is 0 Å². The molecule has 0 fully saturated rings. The van der Waals surface area contributed by atoms with Crippen LogP contribution in [0.1, 0.15) is 28.6 Å². The first-order chi connectivity index (χ1) is 15.6. The number of carbonyl (C=O) groups is 1. The van der Waals surface area contributed by atoms with Crippen molar-refractivity contribution in [2.45, 2.75) is 24.7 Å². The van der Waals surface area contributed by atoms with Crippen molar-refractivity contribution < 1.29 is 4.79 Å². The van der Waals surface area contributed by atoms with Crippen LogP contribution in [0.4, 0.5) is 0 Å². The van der Waals surface area contributed by atoms with Gasteiger partial charge in [0.2, 0.25) is 5.91 Å². The topological polar surface area (TPSA) is 51.0 Å². The van der Waals surface area contributed by atoms with Gasteiger partial charge in [-0.05, 0) is 23.6 Å². The molecule has 0 saturated carbocycles. The summed E-state index contributed by atoms with van der Waals surface area (Å²) in [5, 5.41) is 9.30. The zero-order valence-electron chi connectivity index (χ0n) is 18.3. The number of carbonyl (C=O) groups excluding carboxylic acids is 1. The van der Waals surface area contributed by atoms with Gasteiger partial charge in [0, 0.05) is 7.05 Å². The Balaban J connectivity index is 1.50. The molecule has 1 heterocycles. The predicted octanol–water partition coefficient (Wildman–Crippen LogP) is 4.97. The number of aryl methyl sites for hydroxylation is 1. The molecule has 32 heavy (non-hydrogen) atoms. The first-order valence-electron chi connectivity index (χ1n) is 10.6. The number of aromatic nitrogens is 3. The third-order valence-electron chi connectivity index (χ3n) is 5.42. The van der Waals surface area contributed by atoms with Gasteiger partial charge in [-0.1, -0.05) is 103 Å². The fourth-order valence-corrected chi connectivity index (χ4v) is 4.61. The molecule has 0 aliphatic carbocycles. The molecule has 0 bridgehead atoms. The molecule has 162 valence electrons. The van der Waals surface area contributed by atoms with E-state index in [2.05, 4.69) is 51.2 Å². The molecule has 0 spiro atoms. The van der Waals surface area contributed by atoms with Gasteiger partial charge in [0.05, 0.1) is 18.3 Å². The van der Waals surface area contributed by atoms with Crippen molar-refractivity contribution in [3.8, 4) is 0 Å². The fraction of sp³-hybridized carbons (Fsp3) is 0.192. The average molecular weight is 443 g/mol. The monoisotopic (exact) mass is 442 g/mol. The highest BCUT2D eigenvalue weighted by Gasteiger charge is 2.24. The summed E-state index contributed by atoms with van der Waals surface area (Å²) in [7, 11) is 1.87. The summed E-state index contributed by atoms with van der Waals surface area (Å²) >= 11 is 1.43. The van der Waals surface area contributed by atoms with Gasteiger partial charge >= 0.3 is 0 Å². The fourth-order valence-electron chi connectivity index (χ4n) is 3.70. The lowest BCUT2D eigenvalue weighted by Crippen LogP contribution is -2.33. The number of amides is 1. The van der Waals surface area contributed by atoms with Crippen LogP contribution < -0.4 is 0 Å². The summed E-state index contributed by atoms with van der Waals surface area (Å²) < 4.78 is 2.05. The molecule has 1 amide bonds. The Labute approximate surface area is 193 Å². The van der Waals surface area contributed by atoms with Crippen molar-refractivity contribution in [1.29, 1.82) is 0 Å². The lowest BCUT2D eigenvalue weighted by atomic mass is 9.97. The highest BCUT2D eigenvalue weighted by molar-refractivity contribution is 7.99. The highest BCUT2D eigenvalue weighted by Crippen LogP contribution is 2.29. The lowest BCUT2D eigenvalue weighted by Gasteiger charge is -2.29. The Morgan fingerprint density at radius 1 is 0.875 bits per heavy atom. The van der Waals surface area contributed by atoms with E-state index in [0.717, 1.165) is 22.1 Å². The number of benzene rings is 3. The van der Waals surface area contributed by atoms with Crippen molar-refractivity contribution in [1.82, 2.24) is 19.7 Å². The van der Waals surface area contributed by atoms with Crippen LogP contribution in [0.25, 0.3) is 0 Å². The van der Waals surface area contributed by atoms with Crippen LogP contribution in [-0.4, -0.2) is 38.4 Å². The van der Waals surface area contributed by atoms with Crippen LogP contribution in [0, 0.1) is 6.92 Å². The van der Waals surface area contributed by atoms with Crippen molar-refractivity contribution >= 4 is 17.7 Å². The molecule has 0 saturated heterocycles. The number of nitrogens with zero attached hydrogens (tertiary/aromatic N) is 4. The molecule has 0 atom stereocenters. The van der Waals surface area contributed by atoms with Crippen LogP contribution in [0.15, 0.2) is 96.2 Å². The lowest BCUT2D eigenvalue weighted by molar-refractivity contribution is -0.128. The maximum absolute atomic E-state index is 13.2. The number of thioether (sulfide) groups is 1. The van der Waals surface area contributed by atoms with Crippen LogP contribution in [0.5, 0.6) is 0 Å². The molecule has 0 aliphatic rings. The molecule has 0 N–H and O–H groups in total. The van der Waals surface area contributed by atoms with Gasteiger partial charge in [0.25, 0.3) is 0 Å². The zero-order chi connectivity index (χ0) is 22.3. The summed E-state index contributed by atoms with van der Waals surface area (Å²) in [5.74, 6) is 1.17. The minimum atomic E-state index is -0.144. The van der Waals surface area contributed by atoms with Crippen LogP contribution in [0.3, 0.4) is 0 Å². The molecule has 3 aromatic carbocycles. The number of hydrogen-bond acceptors (Lipinski definition) is 4. The third kappa shape index (κ3) is 5.08. The second kappa shape index (κ2) is 10.3. The van der Waals surface area contributed by atoms with Gasteiger partial charge in [-0.25, -0.2) is 0 Å². The molecular weight excluding hydrogens is 416 g/mol. The number of hydrogen-bond donors (Lipinski definition) is 0. The molecular formula is C26H26N4OS. The van der Waals surface area contributed by atoms with Gasteiger partial charge in [-0.15, -0.1) is 10.2 Å². The SMILES string of the molecule is Cc1nnc(SCC(=O)N(C)C(c2ccccc2)c2ccccc2)n1Cc1ccccc1. The second-order valence-corrected chi connectivity index (χ2v) is 8.56. The summed E-state index contributed by atoms with van der Waals surface area (Å²) in [6.07, 6.45) is 0. The predicted molar refractivity (Wildman–Crippen MR) is 129 cm³/mol. The van der Waals surface area contributed by atoms with E-state index in [0.29, 0.717) is 12.3 Å². The van der Waals surface area contributed by atoms with Gasteiger partial charge in [-0.2, -0.15) is 0 Å². The Kier molecular flexibility index (Phi) is 7.02. The molecule has 4 aromatic rings. The van der Waals surface area contributed by atoms with E-state index in [9.17, 15) is 4.79 Å². The minimum absolute atomic E-state index is 0.0413. The van der Waals surface area contributed by atoms with Gasteiger partial charge < -0.3 is 9.47 Å². The molecule has 0 unspecified atom stereocenters. The van der Waals surface area contributed by atoms with Crippen LogP contribution in [-0.2, 0) is 11.3 Å². The Hall–Kier alpha value is -3.38. The Bertz CT molecular complexity index is 1110. The summed E-state index contributed by atoms with van der Waals surface area (Å²) in [4.78, 5) is 15.1. The Morgan fingerprint density at radius 2 is 1.41 bits per heavy atom. The van der Waals surface area contributed by atoms with Crippen LogP contribution >= 0.6 is 11.8 Å². The standard InChI is InChI=1S/C26H26N4OS/c1-20-27-28-26(30(20)18-21-12-6-3-7-13-21)32-19-24(31)29(2)25(22-14-8-4-9-15-22)23-16-10-5-11-17-23/h3-17,25H,18-19H2,1-2H3. The van der Waals surface area contributed by atoms with E-state index in [4.69, 9.17) is 0 Å². The van der Waals surface area contributed by atoms with E-state index in [1.165, 1.54) is 17.3 Å². The summed E-state index contributed by atoms with van der Waals surface area (Å²) in [6, 6.07) is 30.3. The Morgan fingerprint density at radius 3 is 1.97 bits per heavy atom. The first kappa shape index (κ1) is 21.8. The van der Waals surface area contributed by atoms with Gasteiger partial charge in [0.1, 0.15) is 5.82 Å². The van der Waals surface area contributed by atoms with Crippen molar-refractivity contribution in [2.75, 3.05) is 12.8 Å². The molecule has 6 heteroatoms. The van der Waals surface area contributed by atoms with E-state index >= 15 is 0 Å². The van der Waals surface area contributed by atoms with Crippen LogP contribution in [0.2, 0.25) is 0 Å². The second-order valence-electron chi connectivity index (χ2n) is 7.62. The molecule has 0 radical (unpaired) electrons. The van der Waals surface area contributed by atoms with Crippen molar-refractivity contribution in [3.05, 3.63) is 114 Å². The quantitative estimate of drug-likeness (QED) is 0.361. The van der Waals surface area contributed by atoms with E-state index in [1.807, 2.05) is 73.5 Å². The summed E-state index contributed by atoms with van der Waals surface area (Å²) in [5.41, 5.74) is 3.35. The zero-order valence-corrected chi connectivity index (χ0v) is 19.1. The molecule has 1 aromatic heterocycles. The third-order valence-corrected chi connectivity index (χ3v) is 6.37. The molecule has 5 nitrogen and oxygen atoms in total. The van der Waals surface area contributed by atoms with E-state index in [-0.39, 0.29) is 11.9 Å². The van der Waals surface area contributed by atoms with Crippen molar-refractivity contribution in [3.63, 3.8) is 0 Å². The highest BCUT2D eigenvalue weighted by atomic mass is 32.2. The smallest absolute Gasteiger partial charge is 0.233 e. The largest absolute Gasteiger partial charge is 0.334 e. The summed E-state index contributed by atoms with van der Waals surface area (Å²) in [6.45, 7) is 2.62. The maximum Gasteiger partial charge on any atom is 0.233 e. The number of rotatable bonds is 8. The first-order valence-corrected chi connectivity index (χ1v) is 11.5. The van der Waals surface area contributed by atoms with E-state index in [1.54, 1.807) is 0 Å². The van der Waals surface area contributed by atoms with Crippen molar-refractivity contribution in [2.24, 2.45) is 0 Å².